The molecule has 0 amide bonds. The molecular formula is C11H10BrFN2O. The second-order valence-corrected chi connectivity index (χ2v) is 4.27. The molecule has 0 fully saturated rings. The summed E-state index contributed by atoms with van der Waals surface area (Å²) in [5, 5.41) is 3.80. The lowest BCUT2D eigenvalue weighted by molar-refractivity contribution is 0.438. The van der Waals surface area contributed by atoms with E-state index in [0.717, 1.165) is 10.0 Å². The molecule has 0 unspecified atom stereocenters. The first-order valence-corrected chi connectivity index (χ1v) is 5.62. The molecule has 0 aliphatic heterocycles. The highest BCUT2D eigenvalue weighted by Gasteiger charge is 2.17. The van der Waals surface area contributed by atoms with Crippen LogP contribution in [-0.2, 0) is 6.42 Å². The number of nitrogens with two attached hydrogens (primary N) is 1. The lowest BCUT2D eigenvalue weighted by Crippen LogP contribution is -1.92. The van der Waals surface area contributed by atoms with Crippen LogP contribution in [0.25, 0.3) is 11.3 Å². The number of anilines is 1. The molecule has 5 heteroatoms. The molecule has 1 heterocycles. The van der Waals surface area contributed by atoms with Crippen LogP contribution in [0.4, 0.5) is 10.3 Å². The molecule has 2 rings (SSSR count). The summed E-state index contributed by atoms with van der Waals surface area (Å²) >= 11 is 3.29. The fraction of sp³-hybridized carbons (Fsp3) is 0.182. The second-order valence-electron chi connectivity index (χ2n) is 3.35. The summed E-state index contributed by atoms with van der Waals surface area (Å²) < 4.78 is 19.3. The highest BCUT2D eigenvalue weighted by atomic mass is 79.9. The van der Waals surface area contributed by atoms with E-state index in [9.17, 15) is 4.39 Å². The molecule has 3 nitrogen and oxygen atoms in total. The van der Waals surface area contributed by atoms with Gasteiger partial charge in [0.05, 0.1) is 0 Å². The molecule has 2 aromatic rings. The van der Waals surface area contributed by atoms with Crippen LogP contribution in [0.15, 0.2) is 27.2 Å². The Kier molecular flexibility index (Phi) is 2.96. The molecule has 0 atom stereocenters. The first-order chi connectivity index (χ1) is 7.63. The maximum atomic E-state index is 13.6. The van der Waals surface area contributed by atoms with Gasteiger partial charge in [-0.15, -0.1) is 0 Å². The highest BCUT2D eigenvalue weighted by Crippen LogP contribution is 2.31. The maximum Gasteiger partial charge on any atom is 0.225 e. The van der Waals surface area contributed by atoms with Crippen LogP contribution >= 0.6 is 15.9 Å². The first kappa shape index (κ1) is 11.1. The minimum Gasteiger partial charge on any atom is -0.367 e. The van der Waals surface area contributed by atoms with E-state index in [1.807, 2.05) is 6.92 Å². The van der Waals surface area contributed by atoms with E-state index in [1.54, 1.807) is 12.1 Å². The predicted octanol–water partition coefficient (Wildman–Crippen LogP) is 3.39. The number of benzene rings is 1. The van der Waals surface area contributed by atoms with Gasteiger partial charge in [-0.1, -0.05) is 28.0 Å². The fourth-order valence-electron chi connectivity index (χ4n) is 1.55. The Morgan fingerprint density at radius 2 is 2.25 bits per heavy atom. The quantitative estimate of drug-likeness (QED) is 0.920. The third-order valence-electron chi connectivity index (χ3n) is 2.36. The molecule has 2 N–H and O–H groups in total. The third kappa shape index (κ3) is 1.82. The summed E-state index contributed by atoms with van der Waals surface area (Å²) in [6, 6.07) is 4.67. The zero-order chi connectivity index (χ0) is 11.7. The number of nitrogens with zero attached hydrogens (tertiary/aromatic N) is 1. The van der Waals surface area contributed by atoms with Crippen LogP contribution in [0.2, 0.25) is 0 Å². The number of hydrogen-bond acceptors (Lipinski definition) is 3. The van der Waals surface area contributed by atoms with Crippen molar-refractivity contribution in [3.63, 3.8) is 0 Å². The van der Waals surface area contributed by atoms with Crippen LogP contribution in [0.5, 0.6) is 0 Å². The largest absolute Gasteiger partial charge is 0.367 e. The molecule has 0 aliphatic carbocycles. The number of hydrogen-bond donors (Lipinski definition) is 1. The Morgan fingerprint density at radius 1 is 1.50 bits per heavy atom. The SMILES string of the molecule is CCc1c(-c2cc(Br)ccc2F)noc1N. The van der Waals surface area contributed by atoms with Gasteiger partial charge in [0.15, 0.2) is 0 Å². The van der Waals surface area contributed by atoms with Gasteiger partial charge < -0.3 is 10.3 Å². The summed E-state index contributed by atoms with van der Waals surface area (Å²) in [7, 11) is 0. The van der Waals surface area contributed by atoms with Crippen molar-refractivity contribution < 1.29 is 8.91 Å². The summed E-state index contributed by atoms with van der Waals surface area (Å²) in [6.07, 6.45) is 0.649. The van der Waals surface area contributed by atoms with E-state index in [0.29, 0.717) is 17.7 Å². The fourth-order valence-corrected chi connectivity index (χ4v) is 1.92. The van der Waals surface area contributed by atoms with E-state index >= 15 is 0 Å². The van der Waals surface area contributed by atoms with Gasteiger partial charge in [-0.2, -0.15) is 0 Å². The van der Waals surface area contributed by atoms with E-state index in [-0.39, 0.29) is 11.7 Å². The van der Waals surface area contributed by atoms with Crippen LogP contribution in [0.1, 0.15) is 12.5 Å². The molecule has 0 spiro atoms. The highest BCUT2D eigenvalue weighted by molar-refractivity contribution is 9.10. The molecule has 1 aromatic carbocycles. The van der Waals surface area contributed by atoms with Gasteiger partial charge in [-0.3, -0.25) is 0 Å². The standard InChI is InChI=1S/C11H10BrFN2O/c1-2-7-10(15-16-11(7)14)8-5-6(12)3-4-9(8)13/h3-5H,2,14H2,1H3. The number of aromatic nitrogens is 1. The minimum absolute atomic E-state index is 0.247. The molecule has 0 saturated heterocycles. The Labute approximate surface area is 101 Å². The van der Waals surface area contributed by atoms with Crippen molar-refractivity contribution in [2.75, 3.05) is 5.73 Å². The van der Waals surface area contributed by atoms with Crippen LogP contribution in [0.3, 0.4) is 0 Å². The van der Waals surface area contributed by atoms with Crippen molar-refractivity contribution in [1.82, 2.24) is 5.16 Å². The summed E-state index contributed by atoms with van der Waals surface area (Å²) in [5.41, 5.74) is 7.21. The molecule has 0 radical (unpaired) electrons. The first-order valence-electron chi connectivity index (χ1n) is 4.83. The summed E-state index contributed by atoms with van der Waals surface area (Å²) in [5.74, 6) is -0.0944. The van der Waals surface area contributed by atoms with Crippen molar-refractivity contribution in [2.45, 2.75) is 13.3 Å². The van der Waals surface area contributed by atoms with E-state index in [1.165, 1.54) is 6.07 Å². The van der Waals surface area contributed by atoms with Crippen molar-refractivity contribution >= 4 is 21.8 Å². The average molecular weight is 285 g/mol. The number of rotatable bonds is 2. The smallest absolute Gasteiger partial charge is 0.225 e. The second kappa shape index (κ2) is 4.25. The van der Waals surface area contributed by atoms with Crippen LogP contribution < -0.4 is 5.73 Å². The molecule has 0 aliphatic rings. The zero-order valence-corrected chi connectivity index (χ0v) is 10.2. The van der Waals surface area contributed by atoms with E-state index < -0.39 is 0 Å². The molecule has 84 valence electrons. The zero-order valence-electron chi connectivity index (χ0n) is 8.63. The Morgan fingerprint density at radius 3 is 2.94 bits per heavy atom. The molecular weight excluding hydrogens is 275 g/mol. The van der Waals surface area contributed by atoms with Gasteiger partial charge in [0.25, 0.3) is 0 Å². The van der Waals surface area contributed by atoms with Crippen molar-refractivity contribution in [3.8, 4) is 11.3 Å². The van der Waals surface area contributed by atoms with E-state index in [2.05, 4.69) is 21.1 Å². The molecule has 0 saturated carbocycles. The predicted molar refractivity (Wildman–Crippen MR) is 63.4 cm³/mol. The number of nitrogen functional groups attached to an aromatic ring is 1. The summed E-state index contributed by atoms with van der Waals surface area (Å²) in [4.78, 5) is 0. The minimum atomic E-state index is -0.341. The summed E-state index contributed by atoms with van der Waals surface area (Å²) in [6.45, 7) is 1.92. The molecule has 0 bridgehead atoms. The maximum absolute atomic E-state index is 13.6. The average Bonchev–Trinajstić information content (AvgIpc) is 2.63. The van der Waals surface area contributed by atoms with E-state index in [4.69, 9.17) is 10.3 Å². The Balaban J connectivity index is 2.62. The molecule has 16 heavy (non-hydrogen) atoms. The molecule has 1 aromatic heterocycles. The van der Waals surface area contributed by atoms with Gasteiger partial charge in [0, 0.05) is 15.6 Å². The monoisotopic (exact) mass is 284 g/mol. The van der Waals surface area contributed by atoms with Crippen molar-refractivity contribution in [3.05, 3.63) is 34.1 Å². The van der Waals surface area contributed by atoms with Gasteiger partial charge in [0.2, 0.25) is 5.88 Å². The van der Waals surface area contributed by atoms with Crippen molar-refractivity contribution in [1.29, 1.82) is 0 Å². The van der Waals surface area contributed by atoms with Crippen LogP contribution in [-0.4, -0.2) is 5.16 Å². The van der Waals surface area contributed by atoms with Gasteiger partial charge in [0.1, 0.15) is 11.5 Å². The third-order valence-corrected chi connectivity index (χ3v) is 2.85. The van der Waals surface area contributed by atoms with Gasteiger partial charge in [-0.25, -0.2) is 4.39 Å². The van der Waals surface area contributed by atoms with Crippen LogP contribution in [0, 0.1) is 5.82 Å². The van der Waals surface area contributed by atoms with Gasteiger partial charge >= 0.3 is 0 Å². The lowest BCUT2D eigenvalue weighted by Gasteiger charge is -2.02. The Bertz CT molecular complexity index is 525. The topological polar surface area (TPSA) is 52.0 Å². The number of halogens is 2. The lowest BCUT2D eigenvalue weighted by atomic mass is 10.1. The van der Waals surface area contributed by atoms with Crippen molar-refractivity contribution in [2.24, 2.45) is 0 Å². The van der Waals surface area contributed by atoms with Gasteiger partial charge in [-0.05, 0) is 24.6 Å². The Hall–Kier alpha value is -1.36. The normalized spacial score (nSPS) is 10.7.